The second kappa shape index (κ2) is 13.3. The first kappa shape index (κ1) is 34.7. The quantitative estimate of drug-likeness (QED) is 0.250. The van der Waals surface area contributed by atoms with E-state index in [2.05, 4.69) is 66.0 Å². The number of aryl methyl sites for hydroxylation is 1. The van der Waals surface area contributed by atoms with Crippen LogP contribution in [0, 0.1) is 24.7 Å². The number of ketones is 2. The van der Waals surface area contributed by atoms with Crippen LogP contribution in [0.25, 0.3) is 0 Å². The summed E-state index contributed by atoms with van der Waals surface area (Å²) in [6, 6.07) is 19.8. The molecule has 1 amide bonds. The SMILES string of the molecule is COc1cc(C2C3=C(CC(C)(C)CC3=O)N(Cc3ccccc3)C3=C2C(=O)CC(C)(C)C3)cc(Br)c1OCC(=O)Nc1cccc(C)c1C. The summed E-state index contributed by atoms with van der Waals surface area (Å²) in [5.41, 5.74) is 7.65. The minimum Gasteiger partial charge on any atom is -0.493 e. The lowest BCUT2D eigenvalue weighted by atomic mass is 9.63. The van der Waals surface area contributed by atoms with E-state index in [0.717, 1.165) is 52.2 Å². The molecule has 0 aromatic heterocycles. The molecule has 0 radical (unpaired) electrons. The molecule has 1 aliphatic heterocycles. The monoisotopic (exact) mass is 724 g/mol. The van der Waals surface area contributed by atoms with Gasteiger partial charge >= 0.3 is 0 Å². The molecule has 0 saturated carbocycles. The molecular weight excluding hydrogens is 680 g/mol. The molecule has 0 saturated heterocycles. The number of Topliss-reactive ketones (excluding diaryl/α,β-unsaturated/α-hetero) is 2. The van der Waals surface area contributed by atoms with Crippen molar-refractivity contribution in [2.45, 2.75) is 79.7 Å². The highest BCUT2D eigenvalue weighted by Gasteiger charge is 2.49. The van der Waals surface area contributed by atoms with Gasteiger partial charge in [0.25, 0.3) is 5.91 Å². The van der Waals surface area contributed by atoms with Gasteiger partial charge in [-0.2, -0.15) is 0 Å². The summed E-state index contributed by atoms with van der Waals surface area (Å²) < 4.78 is 12.5. The summed E-state index contributed by atoms with van der Waals surface area (Å²) in [7, 11) is 1.55. The summed E-state index contributed by atoms with van der Waals surface area (Å²) in [6.07, 6.45) is 2.24. The van der Waals surface area contributed by atoms with E-state index in [1.807, 2.05) is 62.4 Å². The van der Waals surface area contributed by atoms with Gasteiger partial charge in [0.15, 0.2) is 29.7 Å². The van der Waals surface area contributed by atoms with Crippen LogP contribution in [0.2, 0.25) is 0 Å². The van der Waals surface area contributed by atoms with Crippen LogP contribution in [0.5, 0.6) is 11.5 Å². The van der Waals surface area contributed by atoms with E-state index in [1.165, 1.54) is 0 Å². The first-order valence-electron chi connectivity index (χ1n) is 16.9. The van der Waals surface area contributed by atoms with Crippen molar-refractivity contribution in [3.8, 4) is 11.5 Å². The lowest BCUT2D eigenvalue weighted by Gasteiger charge is -2.49. The molecular formula is C41H45BrN2O5. The average Bonchev–Trinajstić information content (AvgIpc) is 3.02. The summed E-state index contributed by atoms with van der Waals surface area (Å²) in [5, 5.41) is 2.94. The summed E-state index contributed by atoms with van der Waals surface area (Å²) in [4.78, 5) is 43.8. The van der Waals surface area contributed by atoms with Crippen molar-refractivity contribution in [2.75, 3.05) is 19.0 Å². The van der Waals surface area contributed by atoms with E-state index in [4.69, 9.17) is 9.47 Å². The highest BCUT2D eigenvalue weighted by atomic mass is 79.9. The molecule has 7 nitrogen and oxygen atoms in total. The van der Waals surface area contributed by atoms with Crippen LogP contribution in [0.4, 0.5) is 5.69 Å². The smallest absolute Gasteiger partial charge is 0.262 e. The van der Waals surface area contributed by atoms with Crippen molar-refractivity contribution in [3.05, 3.63) is 110 Å². The zero-order valence-electron chi connectivity index (χ0n) is 29.5. The number of halogens is 1. The van der Waals surface area contributed by atoms with Crippen molar-refractivity contribution in [2.24, 2.45) is 10.8 Å². The molecule has 0 bridgehead atoms. The Labute approximate surface area is 297 Å². The number of hydrogen-bond acceptors (Lipinski definition) is 6. The Bertz CT molecular complexity index is 1850. The van der Waals surface area contributed by atoms with Gasteiger partial charge in [-0.1, -0.05) is 70.2 Å². The van der Waals surface area contributed by atoms with Crippen molar-refractivity contribution in [3.63, 3.8) is 0 Å². The van der Waals surface area contributed by atoms with Crippen molar-refractivity contribution < 1.29 is 23.9 Å². The van der Waals surface area contributed by atoms with E-state index >= 15 is 0 Å². The van der Waals surface area contributed by atoms with Gasteiger partial charge < -0.3 is 19.7 Å². The van der Waals surface area contributed by atoms with Gasteiger partial charge in [-0.3, -0.25) is 14.4 Å². The zero-order chi connectivity index (χ0) is 35.2. The minimum absolute atomic E-state index is 0.0667. The number of benzene rings is 3. The molecule has 3 aromatic rings. The molecule has 2 aliphatic carbocycles. The van der Waals surface area contributed by atoms with Gasteiger partial charge in [-0.15, -0.1) is 0 Å². The Kier molecular flexibility index (Phi) is 9.40. The average molecular weight is 726 g/mol. The molecule has 3 aliphatic rings. The number of rotatable bonds is 8. The van der Waals surface area contributed by atoms with Crippen LogP contribution in [0.3, 0.4) is 0 Å². The Morgan fingerprint density at radius 3 is 2.08 bits per heavy atom. The Balaban J connectivity index is 1.42. The zero-order valence-corrected chi connectivity index (χ0v) is 31.0. The molecule has 49 heavy (non-hydrogen) atoms. The van der Waals surface area contributed by atoms with Crippen LogP contribution in [0.1, 0.15) is 81.5 Å². The fourth-order valence-electron chi connectivity index (χ4n) is 7.59. The minimum atomic E-state index is -0.545. The summed E-state index contributed by atoms with van der Waals surface area (Å²) in [6.45, 7) is 12.9. The third-order valence-corrected chi connectivity index (χ3v) is 10.6. The first-order valence-corrected chi connectivity index (χ1v) is 17.7. The normalized spacial score (nSPS) is 18.7. The first-order chi connectivity index (χ1) is 23.2. The molecule has 256 valence electrons. The van der Waals surface area contributed by atoms with Crippen molar-refractivity contribution in [1.82, 2.24) is 4.90 Å². The third kappa shape index (κ3) is 6.98. The Hall–Kier alpha value is -4.17. The lowest BCUT2D eigenvalue weighted by Crippen LogP contribution is -2.44. The maximum atomic E-state index is 14.3. The number of hydrogen-bond donors (Lipinski definition) is 1. The van der Waals surface area contributed by atoms with Crippen LogP contribution >= 0.6 is 15.9 Å². The highest BCUT2D eigenvalue weighted by Crippen LogP contribution is 2.55. The van der Waals surface area contributed by atoms with Gasteiger partial charge in [0, 0.05) is 53.5 Å². The maximum absolute atomic E-state index is 14.3. The van der Waals surface area contributed by atoms with Crippen LogP contribution in [-0.4, -0.2) is 36.1 Å². The number of allylic oxidation sites excluding steroid dienone is 4. The number of carbonyl (C=O) groups excluding carboxylic acids is 3. The Morgan fingerprint density at radius 2 is 1.49 bits per heavy atom. The van der Waals surface area contributed by atoms with E-state index in [-0.39, 0.29) is 34.9 Å². The molecule has 0 fully saturated rings. The Morgan fingerprint density at radius 1 is 0.878 bits per heavy atom. The number of methoxy groups -OCH3 is 1. The van der Waals surface area contributed by atoms with E-state index < -0.39 is 5.92 Å². The van der Waals surface area contributed by atoms with Gasteiger partial charge in [0.1, 0.15) is 0 Å². The fraction of sp³-hybridized carbons (Fsp3) is 0.390. The maximum Gasteiger partial charge on any atom is 0.262 e. The molecule has 0 unspecified atom stereocenters. The van der Waals surface area contributed by atoms with Crippen LogP contribution in [0.15, 0.2) is 87.7 Å². The van der Waals surface area contributed by atoms with E-state index in [1.54, 1.807) is 7.11 Å². The second-order valence-corrected chi connectivity index (χ2v) is 16.1. The van der Waals surface area contributed by atoms with Gasteiger partial charge in [-0.05, 0) is 93.9 Å². The van der Waals surface area contributed by atoms with Crippen molar-refractivity contribution >= 4 is 39.1 Å². The molecule has 1 N–H and O–H groups in total. The third-order valence-electron chi connectivity index (χ3n) is 10.0. The van der Waals surface area contributed by atoms with E-state index in [9.17, 15) is 14.4 Å². The van der Waals surface area contributed by atoms with E-state index in [0.29, 0.717) is 46.5 Å². The highest BCUT2D eigenvalue weighted by molar-refractivity contribution is 9.10. The molecule has 0 spiro atoms. The van der Waals surface area contributed by atoms with Crippen LogP contribution < -0.4 is 14.8 Å². The van der Waals surface area contributed by atoms with Crippen LogP contribution in [-0.2, 0) is 20.9 Å². The van der Waals surface area contributed by atoms with Gasteiger partial charge in [-0.25, -0.2) is 0 Å². The largest absolute Gasteiger partial charge is 0.493 e. The molecule has 3 aromatic carbocycles. The number of ether oxygens (including phenoxy) is 2. The molecule has 0 atom stereocenters. The molecule has 6 rings (SSSR count). The van der Waals surface area contributed by atoms with Gasteiger partial charge in [0.2, 0.25) is 0 Å². The predicted octanol–water partition coefficient (Wildman–Crippen LogP) is 8.98. The molecule has 1 heterocycles. The predicted molar refractivity (Wildman–Crippen MR) is 196 cm³/mol. The number of nitrogens with one attached hydrogen (secondary N) is 1. The van der Waals surface area contributed by atoms with Crippen molar-refractivity contribution in [1.29, 1.82) is 0 Å². The number of carbonyl (C=O) groups is 3. The second-order valence-electron chi connectivity index (χ2n) is 15.2. The number of nitrogens with zero attached hydrogens (tertiary/aromatic N) is 1. The number of anilines is 1. The topological polar surface area (TPSA) is 84.9 Å². The number of amides is 1. The summed E-state index contributed by atoms with van der Waals surface area (Å²) >= 11 is 3.69. The summed E-state index contributed by atoms with van der Waals surface area (Å²) in [5.74, 6) is 0.0738. The molecule has 8 heteroatoms. The van der Waals surface area contributed by atoms with Gasteiger partial charge in [0.05, 0.1) is 11.6 Å². The standard InChI is InChI=1S/C41H45BrN2O5/c1-24-12-11-15-29(25(24)2)43-35(47)23-49-39-28(42)16-27(17-34(39)48-7)36-37-30(18-40(3,4)20-32(37)45)44(22-26-13-9-8-10-14-26)31-19-41(5,6)21-33(46)38(31)36/h8-17,36H,18-23H2,1-7H3,(H,43,47). The fourth-order valence-corrected chi connectivity index (χ4v) is 8.17. The lowest BCUT2D eigenvalue weighted by molar-refractivity contribution is -0.120.